The molecule has 1 aromatic rings. The fourth-order valence-corrected chi connectivity index (χ4v) is 1.85. The normalized spacial score (nSPS) is 9.90. The maximum Gasteiger partial charge on any atom is 0.313 e. The minimum Gasteiger partial charge on any atom is -0.481 e. The summed E-state index contributed by atoms with van der Waals surface area (Å²) in [6, 6.07) is 3.75. The molecule has 0 radical (unpaired) electrons. The monoisotopic (exact) mass is 300 g/mol. The van der Waals surface area contributed by atoms with Crippen LogP contribution in [0.15, 0.2) is 18.2 Å². The average molecular weight is 300 g/mol. The SMILES string of the molecule is CC(=O)Nc1cc(NC(=O)CSCC(=O)O)ccc1F. The molecule has 0 unspecified atom stereocenters. The van der Waals surface area contributed by atoms with Crippen LogP contribution in [0.25, 0.3) is 0 Å². The smallest absolute Gasteiger partial charge is 0.313 e. The zero-order chi connectivity index (χ0) is 15.1. The summed E-state index contributed by atoms with van der Waals surface area (Å²) >= 11 is 0.951. The van der Waals surface area contributed by atoms with Crippen LogP contribution in [0.1, 0.15) is 6.92 Å². The third-order valence-corrected chi connectivity index (χ3v) is 2.94. The van der Waals surface area contributed by atoms with Gasteiger partial charge in [-0.05, 0) is 18.2 Å². The van der Waals surface area contributed by atoms with E-state index in [0.717, 1.165) is 17.8 Å². The molecule has 0 atom stereocenters. The molecule has 0 aromatic heterocycles. The Labute approximate surface area is 118 Å². The minimum atomic E-state index is -1.00. The van der Waals surface area contributed by atoms with Crippen molar-refractivity contribution >= 4 is 40.9 Å². The number of halogens is 1. The van der Waals surface area contributed by atoms with Gasteiger partial charge in [0.2, 0.25) is 11.8 Å². The number of rotatable bonds is 6. The number of amides is 2. The van der Waals surface area contributed by atoms with Gasteiger partial charge in [-0.15, -0.1) is 11.8 Å². The molecule has 0 heterocycles. The molecule has 20 heavy (non-hydrogen) atoms. The van der Waals surface area contributed by atoms with Crippen molar-refractivity contribution in [1.29, 1.82) is 0 Å². The van der Waals surface area contributed by atoms with E-state index in [1.54, 1.807) is 0 Å². The van der Waals surface area contributed by atoms with Crippen LogP contribution in [-0.2, 0) is 14.4 Å². The van der Waals surface area contributed by atoms with Gasteiger partial charge in [0.25, 0.3) is 0 Å². The summed E-state index contributed by atoms with van der Waals surface area (Å²) in [6.07, 6.45) is 0. The van der Waals surface area contributed by atoms with Crippen molar-refractivity contribution in [2.24, 2.45) is 0 Å². The first-order valence-electron chi connectivity index (χ1n) is 5.55. The van der Waals surface area contributed by atoms with Gasteiger partial charge in [0.05, 0.1) is 17.2 Å². The predicted molar refractivity (Wildman–Crippen MR) is 74.3 cm³/mol. The molecular weight excluding hydrogens is 287 g/mol. The van der Waals surface area contributed by atoms with Crippen LogP contribution in [0.4, 0.5) is 15.8 Å². The van der Waals surface area contributed by atoms with Gasteiger partial charge in [0, 0.05) is 12.6 Å². The summed E-state index contributed by atoms with van der Waals surface area (Å²) in [5.74, 6) is -2.65. The zero-order valence-corrected chi connectivity index (χ0v) is 11.4. The number of thioether (sulfide) groups is 1. The number of carboxylic acid groups (broad SMARTS) is 1. The molecule has 0 saturated carbocycles. The van der Waals surface area contributed by atoms with Crippen molar-refractivity contribution < 1.29 is 23.9 Å². The summed E-state index contributed by atoms with van der Waals surface area (Å²) in [6.45, 7) is 1.24. The first-order chi connectivity index (χ1) is 9.38. The second-order valence-corrected chi connectivity index (χ2v) is 4.80. The van der Waals surface area contributed by atoms with E-state index in [1.165, 1.54) is 19.1 Å². The van der Waals surface area contributed by atoms with Crippen molar-refractivity contribution in [2.75, 3.05) is 22.1 Å². The van der Waals surface area contributed by atoms with Crippen molar-refractivity contribution in [3.05, 3.63) is 24.0 Å². The Morgan fingerprint density at radius 2 is 1.95 bits per heavy atom. The fourth-order valence-electron chi connectivity index (χ4n) is 1.32. The Hall–Kier alpha value is -2.09. The van der Waals surface area contributed by atoms with Gasteiger partial charge in [-0.1, -0.05) is 0 Å². The number of hydrogen-bond acceptors (Lipinski definition) is 4. The maximum atomic E-state index is 13.4. The number of benzene rings is 1. The van der Waals surface area contributed by atoms with Crippen molar-refractivity contribution in [3.8, 4) is 0 Å². The minimum absolute atomic E-state index is 0.0286. The highest BCUT2D eigenvalue weighted by Crippen LogP contribution is 2.19. The highest BCUT2D eigenvalue weighted by Gasteiger charge is 2.08. The third kappa shape index (κ3) is 5.70. The van der Waals surface area contributed by atoms with Crippen molar-refractivity contribution in [1.82, 2.24) is 0 Å². The lowest BCUT2D eigenvalue weighted by Gasteiger charge is -2.08. The van der Waals surface area contributed by atoms with Gasteiger partial charge < -0.3 is 15.7 Å². The van der Waals surface area contributed by atoms with E-state index < -0.39 is 23.6 Å². The molecule has 1 aromatic carbocycles. The van der Waals surface area contributed by atoms with Gasteiger partial charge in [-0.25, -0.2) is 4.39 Å². The van der Waals surface area contributed by atoms with E-state index in [1.807, 2.05) is 0 Å². The van der Waals surface area contributed by atoms with E-state index in [0.29, 0.717) is 5.69 Å². The lowest BCUT2D eigenvalue weighted by Crippen LogP contribution is -2.16. The lowest BCUT2D eigenvalue weighted by atomic mass is 10.2. The van der Waals surface area contributed by atoms with Crippen LogP contribution in [0.5, 0.6) is 0 Å². The average Bonchev–Trinajstić information content (AvgIpc) is 2.32. The van der Waals surface area contributed by atoms with Crippen LogP contribution in [0.2, 0.25) is 0 Å². The highest BCUT2D eigenvalue weighted by molar-refractivity contribution is 8.00. The van der Waals surface area contributed by atoms with Gasteiger partial charge in [-0.3, -0.25) is 14.4 Å². The van der Waals surface area contributed by atoms with Gasteiger partial charge in [0.1, 0.15) is 5.82 Å². The molecule has 0 bridgehead atoms. The predicted octanol–water partition coefficient (Wildman–Crippen LogP) is 1.54. The standard InChI is InChI=1S/C12H13FN2O4S/c1-7(16)14-10-4-8(2-3-9(10)13)15-11(17)5-20-6-12(18)19/h2-4H,5-6H2,1H3,(H,14,16)(H,15,17)(H,18,19). The Balaban J connectivity index is 2.61. The molecule has 2 amide bonds. The molecule has 1 rings (SSSR count). The number of carboxylic acids is 1. The van der Waals surface area contributed by atoms with Crippen LogP contribution >= 0.6 is 11.8 Å². The first kappa shape index (κ1) is 16.0. The van der Waals surface area contributed by atoms with E-state index >= 15 is 0 Å². The summed E-state index contributed by atoms with van der Waals surface area (Å²) in [4.78, 5) is 32.7. The molecule has 0 fully saturated rings. The Kier molecular flexibility index (Phi) is 5.98. The number of aliphatic carboxylic acids is 1. The van der Waals surface area contributed by atoms with Crippen LogP contribution in [-0.4, -0.2) is 34.4 Å². The number of hydrogen-bond donors (Lipinski definition) is 3. The molecule has 0 saturated heterocycles. The number of anilines is 2. The molecule has 6 nitrogen and oxygen atoms in total. The molecule has 0 aliphatic rings. The van der Waals surface area contributed by atoms with Gasteiger partial charge in [0.15, 0.2) is 0 Å². The first-order valence-corrected chi connectivity index (χ1v) is 6.70. The molecule has 108 valence electrons. The molecule has 0 aliphatic heterocycles. The second-order valence-electron chi connectivity index (χ2n) is 3.81. The Bertz CT molecular complexity index is 536. The van der Waals surface area contributed by atoms with Crippen LogP contribution in [0.3, 0.4) is 0 Å². The van der Waals surface area contributed by atoms with E-state index in [2.05, 4.69) is 10.6 Å². The highest BCUT2D eigenvalue weighted by atomic mass is 32.2. The number of nitrogens with one attached hydrogen (secondary N) is 2. The number of carbonyl (C=O) groups excluding carboxylic acids is 2. The molecule has 3 N–H and O–H groups in total. The van der Waals surface area contributed by atoms with Gasteiger partial charge in [-0.2, -0.15) is 0 Å². The second kappa shape index (κ2) is 7.49. The van der Waals surface area contributed by atoms with Crippen LogP contribution < -0.4 is 10.6 Å². The van der Waals surface area contributed by atoms with Crippen LogP contribution in [0, 0.1) is 5.82 Å². The third-order valence-electron chi connectivity index (χ3n) is 2.02. The summed E-state index contributed by atoms with van der Waals surface area (Å²) in [7, 11) is 0. The van der Waals surface area contributed by atoms with E-state index in [-0.39, 0.29) is 17.2 Å². The van der Waals surface area contributed by atoms with E-state index in [4.69, 9.17) is 5.11 Å². The summed E-state index contributed by atoms with van der Waals surface area (Å²) < 4.78 is 13.4. The topological polar surface area (TPSA) is 95.5 Å². The quantitative estimate of drug-likeness (QED) is 0.740. The molecule has 0 spiro atoms. The zero-order valence-electron chi connectivity index (χ0n) is 10.6. The molecular formula is C12H13FN2O4S. The van der Waals surface area contributed by atoms with Crippen molar-refractivity contribution in [2.45, 2.75) is 6.92 Å². The summed E-state index contributed by atoms with van der Waals surface area (Å²) in [5.41, 5.74) is 0.282. The number of carbonyl (C=O) groups is 3. The lowest BCUT2D eigenvalue weighted by molar-refractivity contribution is -0.133. The Morgan fingerprint density at radius 1 is 1.25 bits per heavy atom. The van der Waals surface area contributed by atoms with Crippen molar-refractivity contribution in [3.63, 3.8) is 0 Å². The fraction of sp³-hybridized carbons (Fsp3) is 0.250. The summed E-state index contributed by atoms with van der Waals surface area (Å²) in [5, 5.41) is 13.2. The maximum absolute atomic E-state index is 13.4. The largest absolute Gasteiger partial charge is 0.481 e. The Morgan fingerprint density at radius 3 is 2.55 bits per heavy atom. The van der Waals surface area contributed by atoms with E-state index in [9.17, 15) is 18.8 Å². The molecule has 0 aliphatic carbocycles. The van der Waals surface area contributed by atoms with Gasteiger partial charge >= 0.3 is 5.97 Å². The molecule has 8 heteroatoms.